The standard InChI is InChI=1S/C5H9NO4S2/c1-3-4-6-12(9,10)5-11(2,7)8/h1,6H,4-5H2,2H3. The second-order valence-electron chi connectivity index (χ2n) is 2.18. The van der Waals surface area contributed by atoms with E-state index in [1.54, 1.807) is 0 Å². The maximum Gasteiger partial charge on any atom is 0.226 e. The minimum atomic E-state index is -3.78. The van der Waals surface area contributed by atoms with E-state index in [0.717, 1.165) is 6.26 Å². The van der Waals surface area contributed by atoms with Crippen molar-refractivity contribution in [1.29, 1.82) is 0 Å². The highest BCUT2D eigenvalue weighted by atomic mass is 32.3. The Morgan fingerprint density at radius 3 is 2.17 bits per heavy atom. The second-order valence-corrected chi connectivity index (χ2v) is 6.50. The number of terminal acetylenes is 1. The molecule has 0 bridgehead atoms. The molecule has 70 valence electrons. The Morgan fingerprint density at radius 2 is 1.83 bits per heavy atom. The van der Waals surface area contributed by atoms with Crippen LogP contribution in [0.1, 0.15) is 0 Å². The largest absolute Gasteiger partial charge is 0.228 e. The zero-order valence-corrected chi connectivity index (χ0v) is 8.07. The lowest BCUT2D eigenvalue weighted by Gasteiger charge is -2.00. The lowest BCUT2D eigenvalue weighted by Crippen LogP contribution is -2.29. The molecule has 0 aliphatic heterocycles. The van der Waals surface area contributed by atoms with Crippen LogP contribution in [-0.4, -0.2) is 34.7 Å². The van der Waals surface area contributed by atoms with E-state index in [4.69, 9.17) is 6.42 Å². The van der Waals surface area contributed by atoms with Crippen molar-refractivity contribution in [3.8, 4) is 12.3 Å². The Hall–Kier alpha value is -0.580. The van der Waals surface area contributed by atoms with Crippen molar-refractivity contribution in [2.45, 2.75) is 0 Å². The Morgan fingerprint density at radius 1 is 1.33 bits per heavy atom. The fourth-order valence-electron chi connectivity index (χ4n) is 0.475. The molecule has 0 aliphatic carbocycles. The molecule has 5 nitrogen and oxygen atoms in total. The summed E-state index contributed by atoms with van der Waals surface area (Å²) in [6.45, 7) is -0.197. The number of hydrogen-bond acceptors (Lipinski definition) is 4. The third-order valence-corrected chi connectivity index (χ3v) is 4.30. The molecule has 0 aromatic rings. The minimum Gasteiger partial charge on any atom is -0.228 e. The summed E-state index contributed by atoms with van der Waals surface area (Å²) < 4.78 is 44.6. The molecule has 0 fully saturated rings. The number of rotatable bonds is 4. The number of sulfonamides is 1. The lowest BCUT2D eigenvalue weighted by molar-refractivity contribution is 0.584. The average molecular weight is 211 g/mol. The molecule has 0 aromatic carbocycles. The quantitative estimate of drug-likeness (QED) is 0.576. The molecular weight excluding hydrogens is 202 g/mol. The SMILES string of the molecule is C#CCNS(=O)(=O)CS(C)(=O)=O. The normalized spacial score (nSPS) is 12.3. The summed E-state index contributed by atoms with van der Waals surface area (Å²) in [5.41, 5.74) is 0. The van der Waals surface area contributed by atoms with Crippen LogP contribution in [0.5, 0.6) is 0 Å². The van der Waals surface area contributed by atoms with Crippen LogP contribution < -0.4 is 4.72 Å². The first-order valence-electron chi connectivity index (χ1n) is 2.85. The second kappa shape index (κ2) is 3.89. The smallest absolute Gasteiger partial charge is 0.226 e. The minimum absolute atomic E-state index is 0.197. The first-order valence-corrected chi connectivity index (χ1v) is 6.56. The van der Waals surface area contributed by atoms with Crippen LogP contribution in [0.4, 0.5) is 0 Å². The molecule has 12 heavy (non-hydrogen) atoms. The van der Waals surface area contributed by atoms with Crippen molar-refractivity contribution in [1.82, 2.24) is 4.72 Å². The maximum absolute atomic E-state index is 10.8. The van der Waals surface area contributed by atoms with Crippen LogP contribution in [0.25, 0.3) is 0 Å². The number of sulfone groups is 1. The molecule has 0 radical (unpaired) electrons. The van der Waals surface area contributed by atoms with Crippen molar-refractivity contribution in [2.75, 3.05) is 17.9 Å². The molecule has 0 heterocycles. The van der Waals surface area contributed by atoms with E-state index in [0.29, 0.717) is 0 Å². The lowest BCUT2D eigenvalue weighted by atomic mass is 10.7. The van der Waals surface area contributed by atoms with Gasteiger partial charge in [-0.15, -0.1) is 6.42 Å². The van der Waals surface area contributed by atoms with Gasteiger partial charge in [-0.25, -0.2) is 21.6 Å². The molecule has 1 N–H and O–H groups in total. The van der Waals surface area contributed by atoms with Gasteiger partial charge < -0.3 is 0 Å². The molecule has 0 rings (SSSR count). The van der Waals surface area contributed by atoms with Gasteiger partial charge in [0.25, 0.3) is 0 Å². The van der Waals surface area contributed by atoms with Gasteiger partial charge in [0, 0.05) is 6.26 Å². The fraction of sp³-hybridized carbons (Fsp3) is 0.600. The van der Waals surface area contributed by atoms with Gasteiger partial charge in [-0.3, -0.25) is 0 Å². The summed E-state index contributed by atoms with van der Waals surface area (Å²) in [5.74, 6) is 2.02. The summed E-state index contributed by atoms with van der Waals surface area (Å²) in [6.07, 6.45) is 5.61. The summed E-state index contributed by atoms with van der Waals surface area (Å²) >= 11 is 0. The van der Waals surface area contributed by atoms with Gasteiger partial charge in [-0.2, -0.15) is 0 Å². The third kappa shape index (κ3) is 6.15. The summed E-state index contributed by atoms with van der Waals surface area (Å²) in [5, 5.41) is -0.929. The number of nitrogens with one attached hydrogen (secondary N) is 1. The van der Waals surface area contributed by atoms with Crippen molar-refractivity contribution >= 4 is 19.9 Å². The number of hydrogen-bond donors (Lipinski definition) is 1. The molecule has 0 saturated heterocycles. The first kappa shape index (κ1) is 11.4. The molecule has 0 aromatic heterocycles. The van der Waals surface area contributed by atoms with E-state index in [-0.39, 0.29) is 6.54 Å². The van der Waals surface area contributed by atoms with E-state index in [1.165, 1.54) is 0 Å². The van der Waals surface area contributed by atoms with Gasteiger partial charge in [-0.05, 0) is 0 Å². The molecule has 0 saturated carbocycles. The van der Waals surface area contributed by atoms with E-state index in [2.05, 4.69) is 0 Å². The molecular formula is C5H9NO4S2. The molecule has 0 unspecified atom stereocenters. The summed E-state index contributed by atoms with van der Waals surface area (Å²) in [4.78, 5) is 0. The predicted octanol–water partition coefficient (Wildman–Crippen LogP) is -1.46. The first-order chi connectivity index (χ1) is 5.27. The maximum atomic E-state index is 10.8. The molecule has 0 spiro atoms. The van der Waals surface area contributed by atoms with Crippen molar-refractivity contribution in [2.24, 2.45) is 0 Å². The monoisotopic (exact) mass is 211 g/mol. The fourth-order valence-corrected chi connectivity index (χ4v) is 3.37. The topological polar surface area (TPSA) is 80.3 Å². The van der Waals surface area contributed by atoms with Crippen LogP contribution in [0.2, 0.25) is 0 Å². The van der Waals surface area contributed by atoms with Crippen LogP contribution in [0, 0.1) is 12.3 Å². The van der Waals surface area contributed by atoms with Crippen LogP contribution in [0.15, 0.2) is 0 Å². The summed E-state index contributed by atoms with van der Waals surface area (Å²) in [6, 6.07) is 0. The van der Waals surface area contributed by atoms with E-state index in [9.17, 15) is 16.8 Å². The Kier molecular flexibility index (Phi) is 3.70. The highest BCUT2D eigenvalue weighted by Gasteiger charge is 2.16. The zero-order chi connectivity index (χ0) is 9.83. The molecule has 0 atom stereocenters. The average Bonchev–Trinajstić information content (AvgIpc) is 1.78. The van der Waals surface area contributed by atoms with Gasteiger partial charge in [-0.1, -0.05) is 5.92 Å². The van der Waals surface area contributed by atoms with E-state index in [1.807, 2.05) is 10.6 Å². The van der Waals surface area contributed by atoms with Gasteiger partial charge in [0.05, 0.1) is 6.54 Å². The van der Waals surface area contributed by atoms with Crippen LogP contribution in [-0.2, 0) is 19.9 Å². The van der Waals surface area contributed by atoms with Crippen molar-refractivity contribution < 1.29 is 16.8 Å². The Labute approximate surface area is 72.1 Å². The van der Waals surface area contributed by atoms with Gasteiger partial charge >= 0.3 is 0 Å². The molecule has 0 aliphatic rings. The molecule has 7 heteroatoms. The highest BCUT2D eigenvalue weighted by Crippen LogP contribution is 1.90. The highest BCUT2D eigenvalue weighted by molar-refractivity contribution is 8.06. The van der Waals surface area contributed by atoms with Crippen molar-refractivity contribution in [3.05, 3.63) is 0 Å². The van der Waals surface area contributed by atoms with Gasteiger partial charge in [0.1, 0.15) is 0 Å². The van der Waals surface area contributed by atoms with E-state index < -0.39 is 24.9 Å². The summed E-state index contributed by atoms with van der Waals surface area (Å²) in [7, 11) is -7.31. The van der Waals surface area contributed by atoms with Gasteiger partial charge in [0.15, 0.2) is 14.9 Å². The van der Waals surface area contributed by atoms with Gasteiger partial charge in [0.2, 0.25) is 10.0 Å². The Bertz CT molecular complexity index is 372. The van der Waals surface area contributed by atoms with Crippen LogP contribution >= 0.6 is 0 Å². The van der Waals surface area contributed by atoms with Crippen LogP contribution in [0.3, 0.4) is 0 Å². The van der Waals surface area contributed by atoms with E-state index >= 15 is 0 Å². The Balaban J connectivity index is 4.39. The predicted molar refractivity (Wildman–Crippen MR) is 45.5 cm³/mol. The molecule has 0 amide bonds. The zero-order valence-electron chi connectivity index (χ0n) is 6.44. The van der Waals surface area contributed by atoms with Crippen molar-refractivity contribution in [3.63, 3.8) is 0 Å². The third-order valence-electron chi connectivity index (χ3n) is 0.763.